The lowest BCUT2D eigenvalue weighted by molar-refractivity contribution is 0.180. The van der Waals surface area contributed by atoms with E-state index in [2.05, 4.69) is 6.92 Å². The van der Waals surface area contributed by atoms with Gasteiger partial charge in [0.2, 0.25) is 0 Å². The Bertz CT molecular complexity index is 383. The predicted molar refractivity (Wildman–Crippen MR) is 84.2 cm³/mol. The molecule has 2 unspecified atom stereocenters. The van der Waals surface area contributed by atoms with E-state index in [-0.39, 0.29) is 18.4 Å². The zero-order valence-corrected chi connectivity index (χ0v) is 14.0. The van der Waals surface area contributed by atoms with Crippen LogP contribution >= 0.6 is 12.4 Å². The van der Waals surface area contributed by atoms with Gasteiger partial charge >= 0.3 is 0 Å². The van der Waals surface area contributed by atoms with Gasteiger partial charge in [-0.3, -0.25) is 0 Å². The van der Waals surface area contributed by atoms with E-state index in [1.165, 1.54) is 0 Å². The molecule has 0 spiro atoms. The largest absolute Gasteiger partial charge is 0.329 e. The minimum atomic E-state index is -3.32. The van der Waals surface area contributed by atoms with E-state index in [0.29, 0.717) is 32.1 Å². The van der Waals surface area contributed by atoms with Crippen molar-refractivity contribution in [3.63, 3.8) is 0 Å². The van der Waals surface area contributed by atoms with Gasteiger partial charge in [-0.1, -0.05) is 19.8 Å². The fourth-order valence-corrected chi connectivity index (χ4v) is 5.28. The van der Waals surface area contributed by atoms with E-state index in [9.17, 15) is 8.42 Å². The maximum atomic E-state index is 12.8. The number of halogens is 1. The van der Waals surface area contributed by atoms with Gasteiger partial charge in [0.25, 0.3) is 10.2 Å². The summed E-state index contributed by atoms with van der Waals surface area (Å²) < 4.78 is 29.0. The highest BCUT2D eigenvalue weighted by Crippen LogP contribution is 2.27. The zero-order valence-electron chi connectivity index (χ0n) is 12.3. The van der Waals surface area contributed by atoms with Crippen LogP contribution in [0.1, 0.15) is 45.4 Å². The topological polar surface area (TPSA) is 66.6 Å². The lowest BCUT2D eigenvalue weighted by atomic mass is 9.93. The molecular weight excluding hydrogens is 298 g/mol. The van der Waals surface area contributed by atoms with Crippen LogP contribution in [0.15, 0.2) is 0 Å². The van der Waals surface area contributed by atoms with Crippen molar-refractivity contribution in [2.45, 2.75) is 51.5 Å². The number of hydrogen-bond donors (Lipinski definition) is 1. The lowest BCUT2D eigenvalue weighted by Crippen LogP contribution is -2.55. The molecule has 0 saturated carbocycles. The summed E-state index contributed by atoms with van der Waals surface area (Å²) in [6.07, 6.45) is 6.27. The van der Waals surface area contributed by atoms with Gasteiger partial charge in [0, 0.05) is 32.2 Å². The second-order valence-corrected chi connectivity index (χ2v) is 7.74. The molecule has 2 fully saturated rings. The average Bonchev–Trinajstić information content (AvgIpc) is 2.67. The van der Waals surface area contributed by atoms with E-state index in [0.717, 1.165) is 38.5 Å². The summed E-state index contributed by atoms with van der Waals surface area (Å²) in [5, 5.41) is 0. The molecule has 2 rings (SSSR count). The molecule has 0 aromatic heterocycles. The van der Waals surface area contributed by atoms with Crippen molar-refractivity contribution in [1.29, 1.82) is 0 Å². The summed E-state index contributed by atoms with van der Waals surface area (Å²) >= 11 is 0. The molecule has 0 amide bonds. The average molecular weight is 326 g/mol. The van der Waals surface area contributed by atoms with Gasteiger partial charge in [-0.25, -0.2) is 0 Å². The van der Waals surface area contributed by atoms with Crippen molar-refractivity contribution in [1.82, 2.24) is 8.61 Å². The first-order valence-corrected chi connectivity index (χ1v) is 8.94. The van der Waals surface area contributed by atoms with Crippen LogP contribution in [0.5, 0.6) is 0 Å². The smallest absolute Gasteiger partial charge is 0.282 e. The fraction of sp³-hybridized carbons (Fsp3) is 1.00. The Morgan fingerprint density at radius 3 is 2.20 bits per heavy atom. The first-order valence-electron chi connectivity index (χ1n) is 7.54. The summed E-state index contributed by atoms with van der Waals surface area (Å²) in [5.41, 5.74) is 5.82. The Morgan fingerprint density at radius 2 is 1.65 bits per heavy atom. The van der Waals surface area contributed by atoms with Crippen LogP contribution in [-0.4, -0.2) is 49.2 Å². The molecule has 2 N–H and O–H groups in total. The number of nitrogens with zero attached hydrogens (tertiary/aromatic N) is 2. The molecule has 0 bridgehead atoms. The normalized spacial score (nSPS) is 30.5. The van der Waals surface area contributed by atoms with Gasteiger partial charge in [-0.2, -0.15) is 17.0 Å². The molecule has 0 aromatic rings. The molecule has 2 heterocycles. The quantitative estimate of drug-likeness (QED) is 0.857. The number of piperidine rings is 1. The Morgan fingerprint density at radius 1 is 1.05 bits per heavy atom. The highest BCUT2D eigenvalue weighted by molar-refractivity contribution is 7.86. The second kappa shape index (κ2) is 7.94. The van der Waals surface area contributed by atoms with Crippen LogP contribution in [0.2, 0.25) is 0 Å². The fourth-order valence-electron chi connectivity index (χ4n) is 3.27. The summed E-state index contributed by atoms with van der Waals surface area (Å²) in [5.74, 6) is 0.362. The van der Waals surface area contributed by atoms with E-state index in [4.69, 9.17) is 5.73 Å². The summed E-state index contributed by atoms with van der Waals surface area (Å²) in [7, 11) is -3.32. The van der Waals surface area contributed by atoms with E-state index in [1.54, 1.807) is 8.61 Å². The first kappa shape index (κ1) is 18.2. The molecule has 0 radical (unpaired) electrons. The second-order valence-electron chi connectivity index (χ2n) is 5.85. The van der Waals surface area contributed by atoms with Crippen molar-refractivity contribution in [3.05, 3.63) is 0 Å². The maximum Gasteiger partial charge on any atom is 0.282 e. The number of rotatable bonds is 3. The highest BCUT2D eigenvalue weighted by Gasteiger charge is 2.38. The summed E-state index contributed by atoms with van der Waals surface area (Å²) in [6, 6.07) is -0.0259. The van der Waals surface area contributed by atoms with Gasteiger partial charge in [-0.15, -0.1) is 12.4 Å². The first-order chi connectivity index (χ1) is 9.07. The van der Waals surface area contributed by atoms with Gasteiger partial charge < -0.3 is 5.73 Å². The van der Waals surface area contributed by atoms with Crippen LogP contribution in [0.25, 0.3) is 0 Å². The molecule has 2 atom stereocenters. The third-order valence-corrected chi connectivity index (χ3v) is 6.56. The monoisotopic (exact) mass is 325 g/mol. The maximum absolute atomic E-state index is 12.8. The minimum Gasteiger partial charge on any atom is -0.329 e. The van der Waals surface area contributed by atoms with Crippen molar-refractivity contribution < 1.29 is 8.42 Å². The van der Waals surface area contributed by atoms with Crippen molar-refractivity contribution >= 4 is 22.6 Å². The molecule has 7 heteroatoms. The Kier molecular flexibility index (Phi) is 7.21. The molecule has 0 aliphatic carbocycles. The molecule has 2 aliphatic rings. The predicted octanol–water partition coefficient (Wildman–Crippen LogP) is 1.59. The molecule has 120 valence electrons. The Hall–Kier alpha value is 0.120. The standard InChI is InChI=1S/C13H27N3O2S.ClH/c1-12-7-6-10-16(13(12)11-14)19(17,18)15-8-4-2-3-5-9-15;/h12-13H,2-11,14H2,1H3;1H. The molecular formula is C13H28ClN3O2S. The SMILES string of the molecule is CC1CCCN(S(=O)(=O)N2CCCCCC2)C1CN.Cl. The Balaban J connectivity index is 0.00000200. The summed E-state index contributed by atoms with van der Waals surface area (Å²) in [4.78, 5) is 0. The lowest BCUT2D eigenvalue weighted by Gasteiger charge is -2.40. The van der Waals surface area contributed by atoms with Crippen LogP contribution in [0.3, 0.4) is 0 Å². The molecule has 2 aliphatic heterocycles. The third-order valence-electron chi connectivity index (χ3n) is 4.49. The van der Waals surface area contributed by atoms with Gasteiger partial charge in [0.1, 0.15) is 0 Å². The third kappa shape index (κ3) is 3.85. The molecule has 2 saturated heterocycles. The van der Waals surface area contributed by atoms with Crippen LogP contribution in [0.4, 0.5) is 0 Å². The van der Waals surface area contributed by atoms with Crippen molar-refractivity contribution in [3.8, 4) is 0 Å². The van der Waals surface area contributed by atoms with Crippen LogP contribution in [0, 0.1) is 5.92 Å². The number of nitrogens with two attached hydrogens (primary N) is 1. The Labute approximate surface area is 129 Å². The molecule has 20 heavy (non-hydrogen) atoms. The molecule has 5 nitrogen and oxygen atoms in total. The van der Waals surface area contributed by atoms with Crippen molar-refractivity contribution in [2.75, 3.05) is 26.2 Å². The number of hydrogen-bond acceptors (Lipinski definition) is 3. The van der Waals surface area contributed by atoms with Crippen molar-refractivity contribution in [2.24, 2.45) is 11.7 Å². The van der Waals surface area contributed by atoms with E-state index < -0.39 is 10.2 Å². The zero-order chi connectivity index (χ0) is 13.9. The van der Waals surface area contributed by atoms with E-state index in [1.807, 2.05) is 0 Å². The van der Waals surface area contributed by atoms with Gasteiger partial charge in [-0.05, 0) is 31.6 Å². The molecule has 0 aromatic carbocycles. The summed E-state index contributed by atoms with van der Waals surface area (Å²) in [6.45, 7) is 4.51. The van der Waals surface area contributed by atoms with Crippen LogP contribution < -0.4 is 5.73 Å². The van der Waals surface area contributed by atoms with Gasteiger partial charge in [0.05, 0.1) is 0 Å². The van der Waals surface area contributed by atoms with Crippen LogP contribution in [-0.2, 0) is 10.2 Å². The minimum absolute atomic E-state index is 0. The highest BCUT2D eigenvalue weighted by atomic mass is 35.5. The van der Waals surface area contributed by atoms with E-state index >= 15 is 0 Å². The van der Waals surface area contributed by atoms with Gasteiger partial charge in [0.15, 0.2) is 0 Å².